The zero-order valence-electron chi connectivity index (χ0n) is 12.7. The third kappa shape index (κ3) is 3.03. The maximum Gasteiger partial charge on any atom is 0.286 e. The van der Waals surface area contributed by atoms with Crippen LogP contribution >= 0.6 is 11.8 Å². The van der Waals surface area contributed by atoms with Gasteiger partial charge in [-0.25, -0.2) is 0 Å². The van der Waals surface area contributed by atoms with E-state index in [1.54, 1.807) is 24.3 Å². The quantitative estimate of drug-likeness (QED) is 0.846. The fourth-order valence-electron chi connectivity index (χ4n) is 2.62. The van der Waals surface area contributed by atoms with Crippen LogP contribution in [0, 0.1) is 0 Å². The van der Waals surface area contributed by atoms with Gasteiger partial charge in [-0.05, 0) is 44.4 Å². The van der Waals surface area contributed by atoms with Crippen molar-refractivity contribution in [1.29, 1.82) is 0 Å². The van der Waals surface area contributed by atoms with Crippen LogP contribution in [0.2, 0.25) is 0 Å². The van der Waals surface area contributed by atoms with Crippen molar-refractivity contribution in [3.05, 3.63) is 34.7 Å². The molecule has 2 heterocycles. The van der Waals surface area contributed by atoms with Gasteiger partial charge in [-0.2, -0.15) is 4.99 Å². The maximum atomic E-state index is 12.1. The number of para-hydroxylation sites is 1. The average Bonchev–Trinajstić information content (AvgIpc) is 3.09. The molecule has 1 amide bonds. The molecule has 1 atom stereocenters. The van der Waals surface area contributed by atoms with Gasteiger partial charge in [-0.3, -0.25) is 4.79 Å². The molecular weight excluding hydrogens is 298 g/mol. The second-order valence-electron chi connectivity index (χ2n) is 5.72. The Labute approximate surface area is 134 Å². The number of benzene rings is 1. The zero-order valence-corrected chi connectivity index (χ0v) is 13.5. The van der Waals surface area contributed by atoms with Gasteiger partial charge < -0.3 is 14.9 Å². The van der Waals surface area contributed by atoms with Gasteiger partial charge in [-0.15, -0.1) is 0 Å². The second kappa shape index (κ2) is 6.14. The standard InChI is InChI=1S/C16H19N3O2S/c1-18(2)12-7-8-19(10-12)16-17-15(21)14(22-16)9-11-5-3-4-6-13(11)20/h3-6,9,12,20H,7-8,10H2,1-2H3/b14-9-. The third-order valence-corrected chi connectivity index (χ3v) is 5.04. The summed E-state index contributed by atoms with van der Waals surface area (Å²) in [5.41, 5.74) is 0.641. The Kier molecular flexibility index (Phi) is 4.22. The van der Waals surface area contributed by atoms with Gasteiger partial charge in [0.25, 0.3) is 5.91 Å². The number of likely N-dealkylation sites (tertiary alicyclic amines) is 1. The molecule has 0 bridgehead atoms. The number of thioether (sulfide) groups is 1. The first kappa shape index (κ1) is 15.1. The predicted octanol–water partition coefficient (Wildman–Crippen LogP) is 2.00. The highest BCUT2D eigenvalue weighted by Gasteiger charge is 2.31. The topological polar surface area (TPSA) is 56.1 Å². The van der Waals surface area contributed by atoms with E-state index in [-0.39, 0.29) is 11.7 Å². The maximum absolute atomic E-state index is 12.1. The van der Waals surface area contributed by atoms with Crippen molar-refractivity contribution in [2.24, 2.45) is 4.99 Å². The molecule has 116 valence electrons. The SMILES string of the molecule is CN(C)C1CCN(C2=NC(=O)/C(=C/c3ccccc3O)S2)C1. The van der Waals surface area contributed by atoms with Crippen LogP contribution in [0.5, 0.6) is 5.75 Å². The van der Waals surface area contributed by atoms with Crippen LogP contribution in [-0.2, 0) is 4.79 Å². The molecule has 0 spiro atoms. The fraction of sp³-hybridized carbons (Fsp3) is 0.375. The van der Waals surface area contributed by atoms with E-state index in [0.29, 0.717) is 16.5 Å². The molecule has 1 saturated heterocycles. The van der Waals surface area contributed by atoms with Crippen LogP contribution in [0.3, 0.4) is 0 Å². The number of carbonyl (C=O) groups is 1. The minimum Gasteiger partial charge on any atom is -0.507 e. The highest BCUT2D eigenvalue weighted by molar-refractivity contribution is 8.18. The number of aromatic hydroxyl groups is 1. The molecule has 22 heavy (non-hydrogen) atoms. The van der Waals surface area contributed by atoms with Gasteiger partial charge in [0.2, 0.25) is 0 Å². The summed E-state index contributed by atoms with van der Waals surface area (Å²) in [4.78, 5) is 21.2. The number of rotatable bonds is 2. The number of carbonyl (C=O) groups excluding carboxylic acids is 1. The number of amides is 1. The van der Waals surface area contributed by atoms with Gasteiger partial charge in [0.15, 0.2) is 5.17 Å². The van der Waals surface area contributed by atoms with Crippen molar-refractivity contribution in [2.45, 2.75) is 12.5 Å². The molecule has 0 aliphatic carbocycles. The van der Waals surface area contributed by atoms with E-state index in [1.807, 2.05) is 6.07 Å². The highest BCUT2D eigenvalue weighted by Crippen LogP contribution is 2.33. The van der Waals surface area contributed by atoms with E-state index in [1.165, 1.54) is 11.8 Å². The van der Waals surface area contributed by atoms with Crippen LogP contribution in [-0.4, -0.2) is 59.2 Å². The molecule has 6 heteroatoms. The van der Waals surface area contributed by atoms with Gasteiger partial charge in [0, 0.05) is 24.7 Å². The molecule has 3 rings (SSSR count). The smallest absolute Gasteiger partial charge is 0.286 e. The van der Waals surface area contributed by atoms with E-state index < -0.39 is 0 Å². The number of phenols is 1. The first-order valence-corrected chi connectivity index (χ1v) is 8.08. The van der Waals surface area contributed by atoms with Crippen molar-refractivity contribution in [1.82, 2.24) is 9.80 Å². The first-order valence-electron chi connectivity index (χ1n) is 7.26. The molecule has 0 saturated carbocycles. The van der Waals surface area contributed by atoms with Crippen molar-refractivity contribution in [2.75, 3.05) is 27.2 Å². The van der Waals surface area contributed by atoms with E-state index in [4.69, 9.17) is 0 Å². The molecule has 2 aliphatic heterocycles. The van der Waals surface area contributed by atoms with Crippen LogP contribution < -0.4 is 0 Å². The summed E-state index contributed by atoms with van der Waals surface area (Å²) >= 11 is 1.39. The van der Waals surface area contributed by atoms with Gasteiger partial charge in [0.1, 0.15) is 5.75 Å². The molecule has 1 aromatic carbocycles. The molecule has 1 aromatic rings. The minimum absolute atomic E-state index is 0.172. The Morgan fingerprint density at radius 1 is 1.41 bits per heavy atom. The summed E-state index contributed by atoms with van der Waals surface area (Å²) in [5, 5.41) is 10.6. The van der Waals surface area contributed by atoms with Crippen LogP contribution in [0.1, 0.15) is 12.0 Å². The van der Waals surface area contributed by atoms with Crippen molar-refractivity contribution in [3.8, 4) is 5.75 Å². The predicted molar refractivity (Wildman–Crippen MR) is 89.8 cm³/mol. The number of nitrogens with zero attached hydrogens (tertiary/aromatic N) is 3. The molecule has 1 fully saturated rings. The van der Waals surface area contributed by atoms with Crippen molar-refractivity contribution in [3.63, 3.8) is 0 Å². The number of hydrogen-bond acceptors (Lipinski definition) is 5. The van der Waals surface area contributed by atoms with Crippen LogP contribution in [0.25, 0.3) is 6.08 Å². The van der Waals surface area contributed by atoms with Gasteiger partial charge in [0.05, 0.1) is 4.91 Å². The number of likely N-dealkylation sites (N-methyl/N-ethyl adjacent to an activating group) is 1. The molecular formula is C16H19N3O2S. The lowest BCUT2D eigenvalue weighted by Crippen LogP contribution is -2.33. The lowest BCUT2D eigenvalue weighted by atomic mass is 10.2. The summed E-state index contributed by atoms with van der Waals surface area (Å²) < 4.78 is 0. The Bertz CT molecular complexity index is 655. The third-order valence-electron chi connectivity index (χ3n) is 4.00. The molecule has 0 radical (unpaired) electrons. The number of amidine groups is 1. The molecule has 0 aromatic heterocycles. The van der Waals surface area contributed by atoms with Crippen molar-refractivity contribution < 1.29 is 9.90 Å². The Balaban J connectivity index is 1.73. The van der Waals surface area contributed by atoms with E-state index in [0.717, 1.165) is 24.7 Å². The summed E-state index contributed by atoms with van der Waals surface area (Å²) in [6, 6.07) is 7.49. The lowest BCUT2D eigenvalue weighted by molar-refractivity contribution is -0.113. The molecule has 1 unspecified atom stereocenters. The van der Waals surface area contributed by atoms with Crippen molar-refractivity contribution >= 4 is 28.9 Å². The van der Waals surface area contributed by atoms with E-state index >= 15 is 0 Å². The second-order valence-corrected chi connectivity index (χ2v) is 6.73. The Morgan fingerprint density at radius 2 is 2.18 bits per heavy atom. The minimum atomic E-state index is -0.225. The highest BCUT2D eigenvalue weighted by atomic mass is 32.2. The molecule has 2 aliphatic rings. The number of hydrogen-bond donors (Lipinski definition) is 1. The number of aliphatic imine (C=N–C) groups is 1. The largest absolute Gasteiger partial charge is 0.507 e. The average molecular weight is 317 g/mol. The normalized spacial score (nSPS) is 23.7. The Morgan fingerprint density at radius 3 is 2.86 bits per heavy atom. The molecule has 1 N–H and O–H groups in total. The number of phenolic OH excluding ortho intramolecular Hbond substituents is 1. The zero-order chi connectivity index (χ0) is 15.7. The van der Waals surface area contributed by atoms with E-state index in [2.05, 4.69) is 28.9 Å². The summed E-state index contributed by atoms with van der Waals surface area (Å²) in [5.74, 6) is -0.0535. The van der Waals surface area contributed by atoms with Gasteiger partial charge >= 0.3 is 0 Å². The summed E-state index contributed by atoms with van der Waals surface area (Å²) in [6.07, 6.45) is 2.79. The summed E-state index contributed by atoms with van der Waals surface area (Å²) in [7, 11) is 4.15. The Hall–Kier alpha value is -1.79. The van der Waals surface area contributed by atoms with E-state index in [9.17, 15) is 9.90 Å². The summed E-state index contributed by atoms with van der Waals surface area (Å²) in [6.45, 7) is 1.82. The van der Waals surface area contributed by atoms with Gasteiger partial charge in [-0.1, -0.05) is 18.2 Å². The van der Waals surface area contributed by atoms with Crippen LogP contribution in [0.4, 0.5) is 0 Å². The lowest BCUT2D eigenvalue weighted by Gasteiger charge is -2.20. The van der Waals surface area contributed by atoms with Crippen LogP contribution in [0.15, 0.2) is 34.2 Å². The molecule has 5 nitrogen and oxygen atoms in total. The monoisotopic (exact) mass is 317 g/mol. The first-order chi connectivity index (χ1) is 10.5. The fourth-order valence-corrected chi connectivity index (χ4v) is 3.56.